The van der Waals surface area contributed by atoms with Crippen LogP contribution in [0.1, 0.15) is 26.3 Å². The fourth-order valence-electron chi connectivity index (χ4n) is 1.33. The number of nitrogens with one attached hydrogen (secondary N) is 1. The van der Waals surface area contributed by atoms with Crippen molar-refractivity contribution in [2.24, 2.45) is 5.14 Å². The van der Waals surface area contributed by atoms with Crippen molar-refractivity contribution in [2.75, 3.05) is 6.54 Å². The molecule has 0 aliphatic rings. The Morgan fingerprint density at radius 2 is 2.05 bits per heavy atom. The molecule has 0 atom stereocenters. The van der Waals surface area contributed by atoms with Gasteiger partial charge in [0.25, 0.3) is 0 Å². The molecule has 0 aliphatic carbocycles. The lowest BCUT2D eigenvalue weighted by atomic mass is 10.2. The predicted octanol–water partition coefficient (Wildman–Crippen LogP) is 1.21. The largest absolute Gasteiger partial charge is 0.444 e. The zero-order chi connectivity index (χ0) is 16.1. The van der Waals surface area contributed by atoms with E-state index >= 15 is 0 Å². The Hall–Kier alpha value is -2.04. The lowest BCUT2D eigenvalue weighted by Gasteiger charge is -2.18. The van der Waals surface area contributed by atoms with Gasteiger partial charge in [-0.25, -0.2) is 18.4 Å². The highest BCUT2D eigenvalue weighted by Crippen LogP contribution is 2.08. The standard InChI is InChI=1S/C14H18N2O4S/c1-14(2,3)20-13(17)16-9-5-7-11-6-4-8-12(10-11)21(15,18)19/h4,6,8,10H,9H2,1-3H3,(H,16,17)(H2,15,18,19). The van der Waals surface area contributed by atoms with Gasteiger partial charge in [0.05, 0.1) is 11.4 Å². The van der Waals surface area contributed by atoms with Gasteiger partial charge in [0.1, 0.15) is 5.60 Å². The van der Waals surface area contributed by atoms with Crippen molar-refractivity contribution in [3.63, 3.8) is 0 Å². The smallest absolute Gasteiger partial charge is 0.408 e. The minimum Gasteiger partial charge on any atom is -0.444 e. The summed E-state index contributed by atoms with van der Waals surface area (Å²) in [6.45, 7) is 5.37. The first-order chi connectivity index (χ1) is 9.58. The predicted molar refractivity (Wildman–Crippen MR) is 78.9 cm³/mol. The summed E-state index contributed by atoms with van der Waals surface area (Å²) in [4.78, 5) is 11.4. The normalized spacial score (nSPS) is 11.2. The summed E-state index contributed by atoms with van der Waals surface area (Å²) in [7, 11) is -3.75. The number of ether oxygens (including phenoxy) is 1. The third-order valence-corrected chi connectivity index (χ3v) is 3.03. The van der Waals surface area contributed by atoms with Gasteiger partial charge in [-0.05, 0) is 39.0 Å². The first-order valence-corrected chi connectivity index (χ1v) is 7.71. The molecule has 7 heteroatoms. The number of rotatable bonds is 2. The Morgan fingerprint density at radius 1 is 1.38 bits per heavy atom. The highest BCUT2D eigenvalue weighted by atomic mass is 32.2. The van der Waals surface area contributed by atoms with Crippen LogP contribution in [0.15, 0.2) is 29.2 Å². The monoisotopic (exact) mass is 310 g/mol. The van der Waals surface area contributed by atoms with Gasteiger partial charge < -0.3 is 10.1 Å². The summed E-state index contributed by atoms with van der Waals surface area (Å²) in [5.41, 5.74) is -0.0751. The molecule has 0 aliphatic heterocycles. The molecule has 0 bridgehead atoms. The van der Waals surface area contributed by atoms with E-state index in [2.05, 4.69) is 17.2 Å². The molecule has 0 saturated heterocycles. The number of hydrogen-bond acceptors (Lipinski definition) is 4. The minimum absolute atomic E-state index is 0.00518. The number of amides is 1. The summed E-state index contributed by atoms with van der Waals surface area (Å²) < 4.78 is 27.4. The van der Waals surface area contributed by atoms with Crippen molar-refractivity contribution in [1.29, 1.82) is 0 Å². The van der Waals surface area contributed by atoms with Gasteiger partial charge in [0.15, 0.2) is 0 Å². The number of benzene rings is 1. The van der Waals surface area contributed by atoms with Crippen molar-refractivity contribution in [3.05, 3.63) is 29.8 Å². The average Bonchev–Trinajstić information content (AvgIpc) is 2.32. The second-order valence-electron chi connectivity index (χ2n) is 5.23. The molecule has 0 unspecified atom stereocenters. The van der Waals surface area contributed by atoms with E-state index in [0.717, 1.165) is 0 Å². The van der Waals surface area contributed by atoms with Crippen molar-refractivity contribution in [1.82, 2.24) is 5.32 Å². The van der Waals surface area contributed by atoms with Gasteiger partial charge in [-0.3, -0.25) is 0 Å². The Balaban J connectivity index is 2.62. The van der Waals surface area contributed by atoms with Crippen LogP contribution in [0.3, 0.4) is 0 Å². The van der Waals surface area contributed by atoms with E-state index in [9.17, 15) is 13.2 Å². The Kier molecular flexibility index (Phi) is 5.35. The van der Waals surface area contributed by atoms with Crippen molar-refractivity contribution < 1.29 is 17.9 Å². The Morgan fingerprint density at radius 3 is 2.62 bits per heavy atom. The fourth-order valence-corrected chi connectivity index (χ4v) is 1.89. The molecule has 3 N–H and O–H groups in total. The SMILES string of the molecule is CC(C)(C)OC(=O)NCC#Cc1cccc(S(N)(=O)=O)c1. The summed E-state index contributed by atoms with van der Waals surface area (Å²) in [5, 5.41) is 7.51. The molecule has 1 rings (SSSR count). The quantitative estimate of drug-likeness (QED) is 0.802. The van der Waals surface area contributed by atoms with Gasteiger partial charge in [-0.15, -0.1) is 0 Å². The second kappa shape index (κ2) is 6.61. The third kappa shape index (κ3) is 6.79. The van der Waals surface area contributed by atoms with Crippen LogP contribution in [0.25, 0.3) is 0 Å². The van der Waals surface area contributed by atoms with Crippen LogP contribution in [-0.2, 0) is 14.8 Å². The van der Waals surface area contributed by atoms with Crippen molar-refractivity contribution in [2.45, 2.75) is 31.3 Å². The molecule has 1 aromatic rings. The molecule has 1 aromatic carbocycles. The van der Waals surface area contributed by atoms with Gasteiger partial charge in [0.2, 0.25) is 10.0 Å². The minimum atomic E-state index is -3.75. The highest BCUT2D eigenvalue weighted by molar-refractivity contribution is 7.89. The van der Waals surface area contributed by atoms with Gasteiger partial charge in [0, 0.05) is 5.56 Å². The summed E-state index contributed by atoms with van der Waals surface area (Å²) in [5.74, 6) is 5.43. The molecule has 0 aromatic heterocycles. The maximum atomic E-state index is 11.4. The topological polar surface area (TPSA) is 98.5 Å². The molecule has 0 spiro atoms. The van der Waals surface area contributed by atoms with E-state index in [1.165, 1.54) is 12.1 Å². The fraction of sp³-hybridized carbons (Fsp3) is 0.357. The van der Waals surface area contributed by atoms with E-state index in [-0.39, 0.29) is 11.4 Å². The summed E-state index contributed by atoms with van der Waals surface area (Å²) in [6, 6.07) is 5.95. The molecule has 6 nitrogen and oxygen atoms in total. The van der Waals surface area contributed by atoms with Crippen LogP contribution in [0.5, 0.6) is 0 Å². The molecule has 0 heterocycles. The number of hydrogen-bond donors (Lipinski definition) is 2. The van der Waals surface area contributed by atoms with E-state index in [1.54, 1.807) is 32.9 Å². The van der Waals surface area contributed by atoms with E-state index in [4.69, 9.17) is 9.88 Å². The molecule has 0 saturated carbocycles. The van der Waals surface area contributed by atoms with E-state index < -0.39 is 21.7 Å². The van der Waals surface area contributed by atoms with E-state index in [0.29, 0.717) is 5.56 Å². The lowest BCUT2D eigenvalue weighted by molar-refractivity contribution is 0.0535. The van der Waals surface area contributed by atoms with Gasteiger partial charge >= 0.3 is 6.09 Å². The first kappa shape index (κ1) is 17.0. The van der Waals surface area contributed by atoms with Crippen LogP contribution in [0, 0.1) is 11.8 Å². The third-order valence-electron chi connectivity index (χ3n) is 2.12. The van der Waals surface area contributed by atoms with Crippen LogP contribution < -0.4 is 10.5 Å². The number of alkyl carbamates (subject to hydrolysis) is 1. The maximum absolute atomic E-state index is 11.4. The van der Waals surface area contributed by atoms with Crippen LogP contribution in [-0.4, -0.2) is 26.7 Å². The number of nitrogens with two attached hydrogens (primary N) is 1. The maximum Gasteiger partial charge on any atom is 0.408 e. The molecular formula is C14H18N2O4S. The van der Waals surface area contributed by atoms with Crippen molar-refractivity contribution in [3.8, 4) is 11.8 Å². The average molecular weight is 310 g/mol. The van der Waals surface area contributed by atoms with Crippen molar-refractivity contribution >= 4 is 16.1 Å². The second-order valence-corrected chi connectivity index (χ2v) is 6.79. The zero-order valence-electron chi connectivity index (χ0n) is 12.1. The first-order valence-electron chi connectivity index (χ1n) is 6.16. The number of carbonyl (C=O) groups is 1. The zero-order valence-corrected chi connectivity index (χ0v) is 13.0. The molecular weight excluding hydrogens is 292 g/mol. The van der Waals surface area contributed by atoms with Gasteiger partial charge in [-0.1, -0.05) is 17.9 Å². The summed E-state index contributed by atoms with van der Waals surface area (Å²) >= 11 is 0. The highest BCUT2D eigenvalue weighted by Gasteiger charge is 2.15. The molecule has 0 fully saturated rings. The summed E-state index contributed by atoms with van der Waals surface area (Å²) in [6.07, 6.45) is -0.560. The Labute approximate surface area is 124 Å². The van der Waals surface area contributed by atoms with Gasteiger partial charge in [-0.2, -0.15) is 0 Å². The lowest BCUT2D eigenvalue weighted by Crippen LogP contribution is -2.32. The number of primary sulfonamides is 1. The Bertz CT molecular complexity index is 679. The van der Waals surface area contributed by atoms with Crippen LogP contribution >= 0.6 is 0 Å². The molecule has 114 valence electrons. The molecule has 21 heavy (non-hydrogen) atoms. The number of sulfonamides is 1. The van der Waals surface area contributed by atoms with E-state index in [1.807, 2.05) is 0 Å². The van der Waals surface area contributed by atoms with Crippen LogP contribution in [0.4, 0.5) is 4.79 Å². The number of carbonyl (C=O) groups excluding carboxylic acids is 1. The molecule has 1 amide bonds. The molecule has 0 radical (unpaired) electrons. The van der Waals surface area contributed by atoms with Crippen LogP contribution in [0.2, 0.25) is 0 Å².